The molecule has 22 heavy (non-hydrogen) atoms. The molecule has 1 amide bonds. The molecular weight excluding hydrogens is 304 g/mol. The number of ether oxygens (including phenoxy) is 1. The van der Waals surface area contributed by atoms with Crippen LogP contribution in [0.5, 0.6) is 0 Å². The molecule has 0 fully saturated rings. The lowest BCUT2D eigenvalue weighted by atomic mass is 10.1. The highest BCUT2D eigenvalue weighted by Gasteiger charge is 2.19. The Morgan fingerprint density at radius 2 is 1.95 bits per heavy atom. The van der Waals surface area contributed by atoms with Crippen LogP contribution < -0.4 is 5.32 Å². The van der Waals surface area contributed by atoms with E-state index in [1.807, 2.05) is 30.3 Å². The van der Waals surface area contributed by atoms with Gasteiger partial charge in [0.05, 0.1) is 19.4 Å². The van der Waals surface area contributed by atoms with Gasteiger partial charge in [-0.15, -0.1) is 0 Å². The SMILES string of the molecule is COCCN(CC(=O)NCCCc1ccccc1)S(C)(=O)=O. The third-order valence-corrected chi connectivity index (χ3v) is 4.39. The minimum Gasteiger partial charge on any atom is -0.383 e. The maximum atomic E-state index is 11.8. The predicted octanol–water partition coefficient (Wildman–Crippen LogP) is 0.643. The number of hydrogen-bond acceptors (Lipinski definition) is 4. The van der Waals surface area contributed by atoms with Gasteiger partial charge in [0.2, 0.25) is 15.9 Å². The quantitative estimate of drug-likeness (QED) is 0.640. The molecule has 0 saturated heterocycles. The minimum atomic E-state index is -3.41. The number of nitrogens with one attached hydrogen (secondary N) is 1. The summed E-state index contributed by atoms with van der Waals surface area (Å²) in [5, 5.41) is 2.75. The number of aryl methyl sites for hydroxylation is 1. The molecule has 7 heteroatoms. The third-order valence-electron chi connectivity index (χ3n) is 3.14. The Hall–Kier alpha value is -1.44. The van der Waals surface area contributed by atoms with Crippen LogP contribution in [0, 0.1) is 0 Å². The van der Waals surface area contributed by atoms with E-state index in [9.17, 15) is 13.2 Å². The van der Waals surface area contributed by atoms with E-state index in [1.165, 1.54) is 12.7 Å². The summed E-state index contributed by atoms with van der Waals surface area (Å²) in [7, 11) is -1.92. The predicted molar refractivity (Wildman–Crippen MR) is 86.1 cm³/mol. The molecule has 0 aliphatic rings. The van der Waals surface area contributed by atoms with Crippen LogP contribution in [0.2, 0.25) is 0 Å². The molecule has 0 atom stereocenters. The van der Waals surface area contributed by atoms with Crippen molar-refractivity contribution in [2.24, 2.45) is 0 Å². The van der Waals surface area contributed by atoms with Crippen LogP contribution in [-0.4, -0.2) is 58.2 Å². The molecule has 0 heterocycles. The van der Waals surface area contributed by atoms with Gasteiger partial charge in [-0.2, -0.15) is 4.31 Å². The summed E-state index contributed by atoms with van der Waals surface area (Å²) in [6, 6.07) is 10.0. The molecule has 1 aromatic carbocycles. The van der Waals surface area contributed by atoms with Gasteiger partial charge in [0.15, 0.2) is 0 Å². The molecule has 0 aromatic heterocycles. The Balaban J connectivity index is 2.31. The lowest BCUT2D eigenvalue weighted by Gasteiger charge is -2.18. The van der Waals surface area contributed by atoms with Crippen LogP contribution in [0.1, 0.15) is 12.0 Å². The van der Waals surface area contributed by atoms with E-state index in [4.69, 9.17) is 4.74 Å². The second-order valence-corrected chi connectivity index (χ2v) is 7.01. The topological polar surface area (TPSA) is 75.7 Å². The lowest BCUT2D eigenvalue weighted by molar-refractivity contribution is -0.121. The maximum absolute atomic E-state index is 11.8. The minimum absolute atomic E-state index is 0.173. The summed E-state index contributed by atoms with van der Waals surface area (Å²) < 4.78 is 29.1. The average Bonchev–Trinajstić information content (AvgIpc) is 2.48. The lowest BCUT2D eigenvalue weighted by Crippen LogP contribution is -2.42. The van der Waals surface area contributed by atoms with Gasteiger partial charge in [-0.25, -0.2) is 8.42 Å². The van der Waals surface area contributed by atoms with E-state index in [0.29, 0.717) is 6.54 Å². The zero-order chi connectivity index (χ0) is 16.4. The van der Waals surface area contributed by atoms with Crippen molar-refractivity contribution in [3.8, 4) is 0 Å². The van der Waals surface area contributed by atoms with Crippen molar-refractivity contribution >= 4 is 15.9 Å². The molecule has 1 N–H and O–H groups in total. The highest BCUT2D eigenvalue weighted by atomic mass is 32.2. The van der Waals surface area contributed by atoms with Crippen molar-refractivity contribution in [1.82, 2.24) is 9.62 Å². The first-order valence-electron chi connectivity index (χ1n) is 7.18. The smallest absolute Gasteiger partial charge is 0.235 e. The molecule has 0 aliphatic heterocycles. The van der Waals surface area contributed by atoms with Crippen molar-refractivity contribution in [1.29, 1.82) is 0 Å². The van der Waals surface area contributed by atoms with Gasteiger partial charge in [-0.3, -0.25) is 4.79 Å². The number of amides is 1. The van der Waals surface area contributed by atoms with E-state index < -0.39 is 10.0 Å². The van der Waals surface area contributed by atoms with Gasteiger partial charge in [0, 0.05) is 20.2 Å². The Morgan fingerprint density at radius 1 is 1.27 bits per heavy atom. The van der Waals surface area contributed by atoms with Crippen LogP contribution in [0.25, 0.3) is 0 Å². The number of methoxy groups -OCH3 is 1. The summed E-state index contributed by atoms with van der Waals surface area (Å²) in [6.45, 7) is 0.782. The van der Waals surface area contributed by atoms with E-state index >= 15 is 0 Å². The van der Waals surface area contributed by atoms with Gasteiger partial charge >= 0.3 is 0 Å². The zero-order valence-corrected chi connectivity index (χ0v) is 13.9. The number of benzene rings is 1. The van der Waals surface area contributed by atoms with Gasteiger partial charge in [0.25, 0.3) is 0 Å². The number of carbonyl (C=O) groups excluding carboxylic acids is 1. The molecule has 0 unspecified atom stereocenters. The summed E-state index contributed by atoms with van der Waals surface area (Å²) in [6.07, 6.45) is 2.78. The highest BCUT2D eigenvalue weighted by molar-refractivity contribution is 7.88. The van der Waals surface area contributed by atoms with E-state index in [1.54, 1.807) is 0 Å². The molecule has 0 saturated carbocycles. The maximum Gasteiger partial charge on any atom is 0.235 e. The van der Waals surface area contributed by atoms with Crippen LogP contribution in [0.4, 0.5) is 0 Å². The fourth-order valence-corrected chi connectivity index (χ4v) is 2.69. The number of hydrogen-bond donors (Lipinski definition) is 1. The molecule has 0 aliphatic carbocycles. The second-order valence-electron chi connectivity index (χ2n) is 5.03. The summed E-state index contributed by atoms with van der Waals surface area (Å²) in [5.74, 6) is -0.297. The van der Waals surface area contributed by atoms with Crippen molar-refractivity contribution in [3.05, 3.63) is 35.9 Å². The molecule has 124 valence electrons. The average molecular weight is 328 g/mol. The van der Waals surface area contributed by atoms with Crippen molar-refractivity contribution in [2.75, 3.05) is 39.6 Å². The van der Waals surface area contributed by atoms with Gasteiger partial charge in [-0.05, 0) is 18.4 Å². The van der Waals surface area contributed by atoms with Crippen molar-refractivity contribution in [2.45, 2.75) is 12.8 Å². The van der Waals surface area contributed by atoms with E-state index in [0.717, 1.165) is 23.4 Å². The van der Waals surface area contributed by atoms with Crippen LogP contribution in [0.3, 0.4) is 0 Å². The zero-order valence-electron chi connectivity index (χ0n) is 13.1. The Kier molecular flexibility index (Phi) is 8.08. The first-order chi connectivity index (χ1) is 10.4. The normalized spacial score (nSPS) is 11.6. The van der Waals surface area contributed by atoms with E-state index in [2.05, 4.69) is 5.32 Å². The summed E-state index contributed by atoms with van der Waals surface area (Å²) in [5.41, 5.74) is 1.22. The Labute approximate surface area is 132 Å². The van der Waals surface area contributed by atoms with Crippen LogP contribution >= 0.6 is 0 Å². The third kappa shape index (κ3) is 7.53. The molecule has 0 spiro atoms. The number of rotatable bonds is 10. The van der Waals surface area contributed by atoms with E-state index in [-0.39, 0.29) is 25.6 Å². The largest absolute Gasteiger partial charge is 0.383 e. The van der Waals surface area contributed by atoms with Crippen LogP contribution in [0.15, 0.2) is 30.3 Å². The van der Waals surface area contributed by atoms with Crippen molar-refractivity contribution < 1.29 is 17.9 Å². The number of carbonyl (C=O) groups is 1. The molecule has 6 nitrogen and oxygen atoms in total. The standard InChI is InChI=1S/C15H24N2O4S/c1-21-12-11-17(22(2,19)20)13-15(18)16-10-6-9-14-7-4-3-5-8-14/h3-5,7-8H,6,9-13H2,1-2H3,(H,16,18). The van der Waals surface area contributed by atoms with Crippen LogP contribution in [-0.2, 0) is 26.0 Å². The first kappa shape index (κ1) is 18.6. The first-order valence-corrected chi connectivity index (χ1v) is 9.03. The van der Waals surface area contributed by atoms with Gasteiger partial charge in [-0.1, -0.05) is 30.3 Å². The van der Waals surface area contributed by atoms with Gasteiger partial charge in [0.1, 0.15) is 0 Å². The number of sulfonamides is 1. The summed E-state index contributed by atoms with van der Waals surface area (Å²) >= 11 is 0. The fraction of sp³-hybridized carbons (Fsp3) is 0.533. The Morgan fingerprint density at radius 3 is 2.55 bits per heavy atom. The second kappa shape index (κ2) is 9.55. The highest BCUT2D eigenvalue weighted by Crippen LogP contribution is 2.01. The molecule has 1 rings (SSSR count). The monoisotopic (exact) mass is 328 g/mol. The van der Waals surface area contributed by atoms with Gasteiger partial charge < -0.3 is 10.1 Å². The van der Waals surface area contributed by atoms with Crippen molar-refractivity contribution in [3.63, 3.8) is 0 Å². The number of nitrogens with zero attached hydrogens (tertiary/aromatic N) is 1. The molecule has 0 radical (unpaired) electrons. The molecule has 0 bridgehead atoms. The molecule has 1 aromatic rings. The molecular formula is C15H24N2O4S. The Bertz CT molecular complexity index is 546. The fourth-order valence-electron chi connectivity index (χ4n) is 1.94. The summed E-state index contributed by atoms with van der Waals surface area (Å²) in [4.78, 5) is 11.8.